The molecule has 1 fully saturated rings. The highest BCUT2D eigenvalue weighted by Crippen LogP contribution is 2.13. The standard InChI is InChI=1S/C25H38N4O6S/c1-15(2)13-20(23(32)27-19(25(34)35)10-12-36-3)28-24(33)21(14-16-6-8-17(30)9-7-16)29-22(31)18-5-4-11-26-18/h6-9,15,18-21,26,30H,4-5,10-14H2,1-3H3,(H,27,32)(H,28,33)(H,29,31)(H,34,35). The van der Waals surface area contributed by atoms with Gasteiger partial charge < -0.3 is 31.5 Å². The maximum atomic E-state index is 13.4. The lowest BCUT2D eigenvalue weighted by atomic mass is 10.0. The lowest BCUT2D eigenvalue weighted by Crippen LogP contribution is -2.57. The topological polar surface area (TPSA) is 157 Å². The van der Waals surface area contributed by atoms with E-state index in [2.05, 4.69) is 21.3 Å². The van der Waals surface area contributed by atoms with E-state index in [1.165, 1.54) is 23.9 Å². The Kier molecular flexibility index (Phi) is 12.0. The number of aromatic hydroxyl groups is 1. The first-order chi connectivity index (χ1) is 17.1. The van der Waals surface area contributed by atoms with Crippen molar-refractivity contribution in [2.24, 2.45) is 5.92 Å². The molecule has 2 rings (SSSR count). The van der Waals surface area contributed by atoms with Gasteiger partial charge in [-0.3, -0.25) is 14.4 Å². The molecule has 1 heterocycles. The second-order valence-corrected chi connectivity index (χ2v) is 10.4. The van der Waals surface area contributed by atoms with Crippen molar-refractivity contribution < 1.29 is 29.4 Å². The summed E-state index contributed by atoms with van der Waals surface area (Å²) in [5.41, 5.74) is 0.723. The van der Waals surface area contributed by atoms with Gasteiger partial charge in [0, 0.05) is 6.42 Å². The van der Waals surface area contributed by atoms with Gasteiger partial charge in [-0.2, -0.15) is 11.8 Å². The number of carbonyl (C=O) groups is 4. The Morgan fingerprint density at radius 3 is 2.22 bits per heavy atom. The molecule has 4 atom stereocenters. The molecule has 1 aromatic carbocycles. The first-order valence-electron chi connectivity index (χ1n) is 12.2. The van der Waals surface area contributed by atoms with Crippen LogP contribution >= 0.6 is 11.8 Å². The van der Waals surface area contributed by atoms with Crippen molar-refractivity contribution in [2.75, 3.05) is 18.6 Å². The number of phenolic OH excluding ortho intramolecular Hbond substituents is 1. The van der Waals surface area contributed by atoms with E-state index in [9.17, 15) is 29.4 Å². The molecular formula is C25H38N4O6S. The van der Waals surface area contributed by atoms with Crippen LogP contribution in [0.25, 0.3) is 0 Å². The largest absolute Gasteiger partial charge is 0.508 e. The zero-order chi connectivity index (χ0) is 26.7. The van der Waals surface area contributed by atoms with E-state index < -0.39 is 35.9 Å². The van der Waals surface area contributed by atoms with Crippen LogP contribution in [0.1, 0.15) is 45.1 Å². The van der Waals surface area contributed by atoms with Crippen molar-refractivity contribution in [2.45, 2.75) is 70.1 Å². The maximum Gasteiger partial charge on any atom is 0.326 e. The fourth-order valence-electron chi connectivity index (χ4n) is 4.00. The molecule has 4 unspecified atom stereocenters. The molecule has 11 heteroatoms. The maximum absolute atomic E-state index is 13.4. The molecule has 3 amide bonds. The number of nitrogens with one attached hydrogen (secondary N) is 4. The van der Waals surface area contributed by atoms with Crippen LogP contribution < -0.4 is 21.3 Å². The van der Waals surface area contributed by atoms with Crippen molar-refractivity contribution in [1.29, 1.82) is 0 Å². The number of aliphatic carboxylic acids is 1. The van der Waals surface area contributed by atoms with E-state index in [0.29, 0.717) is 18.6 Å². The minimum absolute atomic E-state index is 0.0448. The van der Waals surface area contributed by atoms with Crippen molar-refractivity contribution >= 4 is 35.5 Å². The van der Waals surface area contributed by atoms with Gasteiger partial charge in [-0.15, -0.1) is 0 Å². The van der Waals surface area contributed by atoms with Gasteiger partial charge in [-0.1, -0.05) is 26.0 Å². The Labute approximate surface area is 216 Å². The monoisotopic (exact) mass is 522 g/mol. The van der Waals surface area contributed by atoms with E-state index in [-0.39, 0.29) is 36.5 Å². The lowest BCUT2D eigenvalue weighted by molar-refractivity contribution is -0.142. The highest BCUT2D eigenvalue weighted by molar-refractivity contribution is 7.98. The smallest absolute Gasteiger partial charge is 0.326 e. The number of rotatable bonds is 14. The molecule has 10 nitrogen and oxygen atoms in total. The SMILES string of the molecule is CSCCC(NC(=O)C(CC(C)C)NC(=O)C(Cc1ccc(O)cc1)NC(=O)C1CCCN1)C(=O)O. The molecule has 36 heavy (non-hydrogen) atoms. The molecule has 0 aliphatic carbocycles. The van der Waals surface area contributed by atoms with Gasteiger partial charge in [-0.05, 0) is 67.9 Å². The molecule has 0 radical (unpaired) electrons. The Bertz CT molecular complexity index is 889. The normalized spacial score (nSPS) is 17.7. The van der Waals surface area contributed by atoms with Crippen molar-refractivity contribution in [3.63, 3.8) is 0 Å². The van der Waals surface area contributed by atoms with Gasteiger partial charge in [0.15, 0.2) is 0 Å². The van der Waals surface area contributed by atoms with E-state index in [1.807, 2.05) is 20.1 Å². The predicted octanol–water partition coefficient (Wildman–Crippen LogP) is 1.02. The fourth-order valence-corrected chi connectivity index (χ4v) is 4.47. The average Bonchev–Trinajstić information content (AvgIpc) is 3.36. The minimum Gasteiger partial charge on any atom is -0.508 e. The van der Waals surface area contributed by atoms with Crippen LogP contribution in [0.5, 0.6) is 5.75 Å². The molecule has 0 spiro atoms. The number of benzene rings is 1. The van der Waals surface area contributed by atoms with Crippen LogP contribution in [-0.4, -0.2) is 76.6 Å². The van der Waals surface area contributed by atoms with Gasteiger partial charge in [0.2, 0.25) is 17.7 Å². The lowest BCUT2D eigenvalue weighted by Gasteiger charge is -2.26. The zero-order valence-corrected chi connectivity index (χ0v) is 21.9. The predicted molar refractivity (Wildman–Crippen MR) is 139 cm³/mol. The first kappa shape index (κ1) is 29.4. The third-order valence-corrected chi connectivity index (χ3v) is 6.60. The molecule has 0 saturated carbocycles. The highest BCUT2D eigenvalue weighted by Gasteiger charge is 2.32. The zero-order valence-electron chi connectivity index (χ0n) is 21.1. The molecular weight excluding hydrogens is 484 g/mol. The number of amides is 3. The first-order valence-corrected chi connectivity index (χ1v) is 13.6. The Hall–Kier alpha value is -2.79. The summed E-state index contributed by atoms with van der Waals surface area (Å²) in [6, 6.07) is 2.96. The Morgan fingerprint density at radius 1 is 1.03 bits per heavy atom. The minimum atomic E-state index is -1.13. The molecule has 1 aliphatic heterocycles. The average molecular weight is 523 g/mol. The van der Waals surface area contributed by atoms with Crippen LogP contribution in [0.4, 0.5) is 0 Å². The molecule has 1 saturated heterocycles. The Balaban J connectivity index is 2.18. The van der Waals surface area contributed by atoms with E-state index in [1.54, 1.807) is 12.1 Å². The van der Waals surface area contributed by atoms with Crippen LogP contribution in [0, 0.1) is 5.92 Å². The third kappa shape index (κ3) is 9.69. The fraction of sp³-hybridized carbons (Fsp3) is 0.600. The van der Waals surface area contributed by atoms with Crippen molar-refractivity contribution in [3.05, 3.63) is 29.8 Å². The number of thioether (sulfide) groups is 1. The summed E-state index contributed by atoms with van der Waals surface area (Å²) in [5, 5.41) is 30.3. The molecule has 0 bridgehead atoms. The highest BCUT2D eigenvalue weighted by atomic mass is 32.2. The van der Waals surface area contributed by atoms with Gasteiger partial charge in [0.05, 0.1) is 6.04 Å². The molecule has 200 valence electrons. The summed E-state index contributed by atoms with van der Waals surface area (Å²) in [4.78, 5) is 50.8. The van der Waals surface area contributed by atoms with Gasteiger partial charge in [0.25, 0.3) is 0 Å². The van der Waals surface area contributed by atoms with Crippen LogP contribution in [-0.2, 0) is 25.6 Å². The summed E-state index contributed by atoms with van der Waals surface area (Å²) < 4.78 is 0. The van der Waals surface area contributed by atoms with E-state index in [4.69, 9.17) is 0 Å². The Morgan fingerprint density at radius 2 is 1.67 bits per heavy atom. The molecule has 6 N–H and O–H groups in total. The molecule has 0 aromatic heterocycles. The van der Waals surface area contributed by atoms with Crippen LogP contribution in [0.15, 0.2) is 24.3 Å². The van der Waals surface area contributed by atoms with Gasteiger partial charge in [0.1, 0.15) is 23.9 Å². The third-order valence-electron chi connectivity index (χ3n) is 5.95. The number of carboxylic acid groups (broad SMARTS) is 1. The number of hydrogen-bond acceptors (Lipinski definition) is 7. The van der Waals surface area contributed by atoms with Gasteiger partial charge >= 0.3 is 5.97 Å². The van der Waals surface area contributed by atoms with Crippen molar-refractivity contribution in [1.82, 2.24) is 21.3 Å². The summed E-state index contributed by atoms with van der Waals surface area (Å²) in [6.07, 6.45) is 4.11. The van der Waals surface area contributed by atoms with Gasteiger partial charge in [-0.25, -0.2) is 4.79 Å². The van der Waals surface area contributed by atoms with Crippen LogP contribution in [0.2, 0.25) is 0 Å². The second kappa shape index (κ2) is 14.7. The number of phenols is 1. The van der Waals surface area contributed by atoms with E-state index in [0.717, 1.165) is 18.5 Å². The molecule has 1 aromatic rings. The summed E-state index contributed by atoms with van der Waals surface area (Å²) >= 11 is 1.48. The number of hydrogen-bond donors (Lipinski definition) is 6. The van der Waals surface area contributed by atoms with Crippen LogP contribution in [0.3, 0.4) is 0 Å². The molecule has 1 aliphatic rings. The summed E-state index contributed by atoms with van der Waals surface area (Å²) in [6.45, 7) is 4.53. The second-order valence-electron chi connectivity index (χ2n) is 9.45. The summed E-state index contributed by atoms with van der Waals surface area (Å²) in [7, 11) is 0. The quantitative estimate of drug-likeness (QED) is 0.211. The van der Waals surface area contributed by atoms with E-state index >= 15 is 0 Å². The number of carboxylic acids is 1. The van der Waals surface area contributed by atoms with Crippen molar-refractivity contribution in [3.8, 4) is 5.75 Å². The number of carbonyl (C=O) groups excluding carboxylic acids is 3. The summed E-state index contributed by atoms with van der Waals surface area (Å²) in [5.74, 6) is -1.84.